The Morgan fingerprint density at radius 3 is 2.08 bits per heavy atom. The third-order valence-electron chi connectivity index (χ3n) is 11.3. The molecule has 2 aromatic carbocycles. The predicted octanol–water partition coefficient (Wildman–Crippen LogP) is 5.06. The monoisotopic (exact) mass is 709 g/mol. The molecule has 0 unspecified atom stereocenters. The van der Waals surface area contributed by atoms with Gasteiger partial charge in [0.25, 0.3) is 11.8 Å². The first-order valence-corrected chi connectivity index (χ1v) is 17.8. The minimum absolute atomic E-state index is 0. The minimum atomic E-state index is -1.32. The van der Waals surface area contributed by atoms with Gasteiger partial charge in [-0.25, -0.2) is 9.48 Å². The summed E-state index contributed by atoms with van der Waals surface area (Å²) in [6.45, 7) is 5.62. The molecule has 4 fully saturated rings. The second kappa shape index (κ2) is 15.7. The van der Waals surface area contributed by atoms with Crippen molar-refractivity contribution in [1.82, 2.24) is 24.9 Å². The van der Waals surface area contributed by atoms with Crippen molar-refractivity contribution >= 4 is 47.3 Å². The molecule has 4 saturated carbocycles. The van der Waals surface area contributed by atoms with Crippen molar-refractivity contribution < 1.29 is 29.0 Å². The fourth-order valence-electron chi connectivity index (χ4n) is 9.03. The molecule has 0 aliphatic heterocycles. The predicted molar refractivity (Wildman–Crippen MR) is 198 cm³/mol. The molecule has 1 heterocycles. The van der Waals surface area contributed by atoms with Crippen molar-refractivity contribution in [2.75, 3.05) is 48.5 Å². The molecule has 0 radical (unpaired) electrons. The van der Waals surface area contributed by atoms with Gasteiger partial charge in [-0.3, -0.25) is 9.59 Å². The Balaban J connectivity index is 0.00000504. The first-order valence-electron chi connectivity index (χ1n) is 17.8. The van der Waals surface area contributed by atoms with E-state index in [0.717, 1.165) is 44.2 Å². The van der Waals surface area contributed by atoms with Gasteiger partial charge in [0.15, 0.2) is 5.69 Å². The first-order chi connectivity index (χ1) is 23.9. The van der Waals surface area contributed by atoms with Crippen LogP contribution in [0.15, 0.2) is 42.5 Å². The summed E-state index contributed by atoms with van der Waals surface area (Å²) >= 11 is 0. The summed E-state index contributed by atoms with van der Waals surface area (Å²) < 4.78 is 13.3. The molecule has 2 amide bonds. The van der Waals surface area contributed by atoms with Crippen LogP contribution >= 0.6 is 0 Å². The van der Waals surface area contributed by atoms with Crippen LogP contribution in [-0.2, 0) is 4.79 Å². The standard InChI is InChI=1S/C39H51N5O6.Na.H/c1-23(2)29-21-26(37(46)43(5)15-9-14-42(3)4)12-13-31(29)44-32(35-33(49-6)10-8-11-34(35)50-7)22-30(41-44)36(45)40-39(38(47)48)27-17-24-16-25(19-27)20-28(39)18-24;;/h8,10-13,21-25,27-28H,9,14-20H2,1-7H3,(H,40,45)(H,47,48);;. The number of carbonyl (C=O) groups excluding carboxylic acids is 2. The maximum absolute atomic E-state index is 14.3. The zero-order valence-electron chi connectivity index (χ0n) is 30.4. The molecule has 7 rings (SSSR count). The number of rotatable bonds is 13. The third-order valence-corrected chi connectivity index (χ3v) is 11.3. The summed E-state index contributed by atoms with van der Waals surface area (Å²) in [5.74, 6) is 0.360. The molecule has 4 aliphatic carbocycles. The van der Waals surface area contributed by atoms with E-state index in [0.29, 0.717) is 52.4 Å². The van der Waals surface area contributed by atoms with Crippen molar-refractivity contribution in [2.24, 2.45) is 23.7 Å². The Morgan fingerprint density at radius 1 is 0.941 bits per heavy atom. The number of carbonyl (C=O) groups is 3. The number of carboxylic acid groups (broad SMARTS) is 1. The van der Waals surface area contributed by atoms with Crippen LogP contribution in [0, 0.1) is 23.7 Å². The van der Waals surface area contributed by atoms with E-state index in [-0.39, 0.29) is 58.9 Å². The zero-order valence-corrected chi connectivity index (χ0v) is 30.4. The molecule has 1 aromatic heterocycles. The van der Waals surface area contributed by atoms with E-state index in [1.807, 2.05) is 51.5 Å². The van der Waals surface area contributed by atoms with E-state index in [1.54, 1.807) is 35.9 Å². The molecular weight excluding hydrogens is 657 g/mol. The van der Waals surface area contributed by atoms with Crippen LogP contribution in [0.4, 0.5) is 0 Å². The Morgan fingerprint density at radius 2 is 1.55 bits per heavy atom. The van der Waals surface area contributed by atoms with Crippen molar-refractivity contribution in [3.05, 3.63) is 59.3 Å². The number of aliphatic carboxylic acids is 1. The Bertz CT molecular complexity index is 1720. The van der Waals surface area contributed by atoms with E-state index in [9.17, 15) is 19.5 Å². The molecule has 4 aliphatic rings. The van der Waals surface area contributed by atoms with Crippen LogP contribution in [0.3, 0.4) is 0 Å². The molecule has 2 N–H and O–H groups in total. The number of nitrogens with one attached hydrogen (secondary N) is 1. The third kappa shape index (κ3) is 7.32. The number of hydrogen-bond donors (Lipinski definition) is 2. The average molecular weight is 710 g/mol. The number of methoxy groups -OCH3 is 2. The van der Waals surface area contributed by atoms with Gasteiger partial charge in [0.2, 0.25) is 0 Å². The summed E-state index contributed by atoms with van der Waals surface area (Å²) in [6.07, 6.45) is 5.33. The fourth-order valence-corrected chi connectivity index (χ4v) is 9.03. The van der Waals surface area contributed by atoms with E-state index in [4.69, 9.17) is 14.6 Å². The molecule has 12 heteroatoms. The van der Waals surface area contributed by atoms with Gasteiger partial charge < -0.3 is 29.7 Å². The fraction of sp³-hybridized carbons (Fsp3) is 0.538. The zero-order chi connectivity index (χ0) is 35.9. The van der Waals surface area contributed by atoms with Crippen LogP contribution in [-0.4, -0.2) is 126 Å². The maximum atomic E-state index is 14.3. The summed E-state index contributed by atoms with van der Waals surface area (Å²) in [7, 11) is 9.00. The average Bonchev–Trinajstić information content (AvgIpc) is 3.53. The summed E-state index contributed by atoms with van der Waals surface area (Å²) in [4.78, 5) is 44.7. The van der Waals surface area contributed by atoms with Crippen LogP contribution < -0.4 is 14.8 Å². The van der Waals surface area contributed by atoms with Crippen molar-refractivity contribution in [1.29, 1.82) is 0 Å². The molecule has 270 valence electrons. The first kappa shape index (κ1) is 38.8. The van der Waals surface area contributed by atoms with Crippen molar-refractivity contribution in [3.8, 4) is 28.4 Å². The molecule has 51 heavy (non-hydrogen) atoms. The van der Waals surface area contributed by atoms with Crippen LogP contribution in [0.25, 0.3) is 16.9 Å². The Hall–Kier alpha value is -3.38. The van der Waals surface area contributed by atoms with Gasteiger partial charge in [-0.2, -0.15) is 5.10 Å². The Labute approximate surface area is 323 Å². The van der Waals surface area contributed by atoms with Gasteiger partial charge >= 0.3 is 35.5 Å². The normalized spacial score (nSPS) is 23.2. The number of ether oxygens (including phenoxy) is 2. The van der Waals surface area contributed by atoms with Gasteiger partial charge in [0, 0.05) is 19.2 Å². The van der Waals surface area contributed by atoms with Gasteiger partial charge in [-0.15, -0.1) is 0 Å². The Kier molecular flexibility index (Phi) is 12.0. The van der Waals surface area contributed by atoms with E-state index < -0.39 is 17.4 Å². The second-order valence-corrected chi connectivity index (χ2v) is 15.1. The summed E-state index contributed by atoms with van der Waals surface area (Å²) in [5.41, 5.74) is 2.04. The number of nitrogens with zero attached hydrogens (tertiary/aromatic N) is 4. The molecule has 3 aromatic rings. The number of aromatic nitrogens is 2. The van der Waals surface area contributed by atoms with Gasteiger partial charge in [0.1, 0.15) is 17.0 Å². The van der Waals surface area contributed by atoms with Crippen LogP contribution in [0.1, 0.15) is 84.7 Å². The number of benzene rings is 2. The second-order valence-electron chi connectivity index (χ2n) is 15.1. The van der Waals surface area contributed by atoms with Crippen molar-refractivity contribution in [3.63, 3.8) is 0 Å². The molecule has 4 bridgehead atoms. The molecule has 0 atom stereocenters. The summed E-state index contributed by atoms with van der Waals surface area (Å²) in [5, 5.41) is 18.7. The van der Waals surface area contributed by atoms with E-state index in [2.05, 4.69) is 24.1 Å². The van der Waals surface area contributed by atoms with Gasteiger partial charge in [0.05, 0.1) is 31.2 Å². The number of amides is 2. The summed E-state index contributed by atoms with van der Waals surface area (Å²) in [6, 6.07) is 12.7. The quantitative estimate of drug-likeness (QED) is 0.236. The van der Waals surface area contributed by atoms with Crippen LogP contribution in [0.5, 0.6) is 11.5 Å². The van der Waals surface area contributed by atoms with Gasteiger partial charge in [-0.1, -0.05) is 19.9 Å². The SMILES string of the molecule is COc1cccc(OC)c1-c1cc(C(=O)NC2(C(=O)O)C3CC4CC(C3)CC2C4)nn1-c1ccc(C(=O)N(C)CCCN(C)C)cc1C(C)C.[NaH]. The molecular formula is C39H52N5NaO6. The van der Waals surface area contributed by atoms with E-state index >= 15 is 0 Å². The van der Waals surface area contributed by atoms with Crippen LogP contribution in [0.2, 0.25) is 0 Å². The van der Waals surface area contributed by atoms with Crippen molar-refractivity contribution in [2.45, 2.75) is 63.8 Å². The topological polar surface area (TPSA) is 126 Å². The van der Waals surface area contributed by atoms with Gasteiger partial charge in [-0.05, 0) is 131 Å². The molecule has 0 saturated heterocycles. The molecule has 0 spiro atoms. The number of carboxylic acids is 1. The molecule has 11 nitrogen and oxygen atoms in total. The number of hydrogen-bond acceptors (Lipinski definition) is 7. The van der Waals surface area contributed by atoms with E-state index in [1.165, 1.54) is 6.42 Å².